The zero-order valence-corrected chi connectivity index (χ0v) is 15.0. The maximum Gasteiger partial charge on any atom is 0.233 e. The van der Waals surface area contributed by atoms with Crippen LogP contribution in [0.2, 0.25) is 0 Å². The van der Waals surface area contributed by atoms with Gasteiger partial charge in [0.05, 0.1) is 13.7 Å². The molecular formula is C21H25N3O2. The second-order valence-electron chi connectivity index (χ2n) is 6.24. The van der Waals surface area contributed by atoms with Crippen molar-refractivity contribution in [2.75, 3.05) is 26.7 Å². The number of hydrogen-bond acceptors (Lipinski definition) is 3. The molecule has 26 heavy (non-hydrogen) atoms. The molecular weight excluding hydrogens is 326 g/mol. The van der Waals surface area contributed by atoms with Gasteiger partial charge in [-0.3, -0.25) is 4.79 Å². The van der Waals surface area contributed by atoms with E-state index in [9.17, 15) is 4.79 Å². The quantitative estimate of drug-likeness (QED) is 0.519. The molecule has 0 fully saturated rings. The first-order valence-electron chi connectivity index (χ1n) is 8.91. The van der Waals surface area contributed by atoms with Crippen LogP contribution in [0.15, 0.2) is 54.7 Å². The van der Waals surface area contributed by atoms with Gasteiger partial charge in [0.2, 0.25) is 5.91 Å². The van der Waals surface area contributed by atoms with Gasteiger partial charge in [0.1, 0.15) is 5.75 Å². The first-order valence-corrected chi connectivity index (χ1v) is 8.91. The summed E-state index contributed by atoms with van der Waals surface area (Å²) in [6.07, 6.45) is 3.70. The number of aromatic nitrogens is 1. The third-order valence-corrected chi connectivity index (χ3v) is 4.40. The Labute approximate surface area is 153 Å². The molecule has 0 atom stereocenters. The maximum absolute atomic E-state index is 11.9. The Morgan fingerprint density at radius 2 is 1.96 bits per heavy atom. The molecule has 3 aromatic rings. The Morgan fingerprint density at radius 3 is 2.85 bits per heavy atom. The fourth-order valence-corrected chi connectivity index (χ4v) is 3.00. The molecule has 5 nitrogen and oxygen atoms in total. The number of fused-ring (bicyclic) bond motifs is 1. The predicted octanol–water partition coefficient (Wildman–Crippen LogP) is 2.67. The monoisotopic (exact) mass is 351 g/mol. The van der Waals surface area contributed by atoms with E-state index in [4.69, 9.17) is 4.74 Å². The highest BCUT2D eigenvalue weighted by Gasteiger charge is 2.04. The summed E-state index contributed by atoms with van der Waals surface area (Å²) in [5.74, 6) is 0.882. The average molecular weight is 351 g/mol. The number of para-hydroxylation sites is 1. The number of carbonyl (C=O) groups excluding carboxylic acids is 1. The summed E-state index contributed by atoms with van der Waals surface area (Å²) in [4.78, 5) is 15.2. The highest BCUT2D eigenvalue weighted by molar-refractivity contribution is 5.83. The number of hydrogen-bond donors (Lipinski definition) is 3. The Kier molecular flexibility index (Phi) is 6.28. The Bertz CT molecular complexity index is 857. The summed E-state index contributed by atoms with van der Waals surface area (Å²) < 4.78 is 5.21. The lowest BCUT2D eigenvalue weighted by Gasteiger charge is -2.07. The number of H-pyrrole nitrogens is 1. The molecule has 3 N–H and O–H groups in total. The van der Waals surface area contributed by atoms with Crippen LogP contribution in [0.1, 0.15) is 11.1 Å². The minimum atomic E-state index is 0.0236. The van der Waals surface area contributed by atoms with Gasteiger partial charge in [0.25, 0.3) is 0 Å². The van der Waals surface area contributed by atoms with Crippen LogP contribution in [-0.2, 0) is 17.6 Å². The SMILES string of the molecule is COc1cccc(CCNCC(=O)NCCc2c[nH]c3ccccc23)c1. The van der Waals surface area contributed by atoms with E-state index in [0.717, 1.165) is 30.7 Å². The molecule has 1 heterocycles. The van der Waals surface area contributed by atoms with Crippen molar-refractivity contribution in [1.29, 1.82) is 0 Å². The van der Waals surface area contributed by atoms with Crippen LogP contribution in [0, 0.1) is 0 Å². The van der Waals surface area contributed by atoms with E-state index in [1.54, 1.807) is 7.11 Å². The largest absolute Gasteiger partial charge is 0.497 e. The van der Waals surface area contributed by atoms with Crippen LogP contribution >= 0.6 is 0 Å². The van der Waals surface area contributed by atoms with E-state index >= 15 is 0 Å². The van der Waals surface area contributed by atoms with E-state index in [-0.39, 0.29) is 5.91 Å². The lowest BCUT2D eigenvalue weighted by Crippen LogP contribution is -2.35. The normalized spacial score (nSPS) is 10.8. The van der Waals surface area contributed by atoms with Gasteiger partial charge in [-0.25, -0.2) is 0 Å². The van der Waals surface area contributed by atoms with E-state index < -0.39 is 0 Å². The van der Waals surface area contributed by atoms with E-state index in [0.29, 0.717) is 13.1 Å². The molecule has 0 unspecified atom stereocenters. The van der Waals surface area contributed by atoms with Crippen molar-refractivity contribution in [2.24, 2.45) is 0 Å². The second kappa shape index (κ2) is 9.06. The zero-order chi connectivity index (χ0) is 18.2. The van der Waals surface area contributed by atoms with Crippen LogP contribution in [0.5, 0.6) is 5.75 Å². The topological polar surface area (TPSA) is 66.2 Å². The van der Waals surface area contributed by atoms with Crippen molar-refractivity contribution in [3.63, 3.8) is 0 Å². The summed E-state index contributed by atoms with van der Waals surface area (Å²) in [6.45, 7) is 1.72. The van der Waals surface area contributed by atoms with Gasteiger partial charge in [-0.2, -0.15) is 0 Å². The molecule has 1 amide bonds. The highest BCUT2D eigenvalue weighted by atomic mass is 16.5. The van der Waals surface area contributed by atoms with Gasteiger partial charge in [0.15, 0.2) is 0 Å². The molecule has 2 aromatic carbocycles. The van der Waals surface area contributed by atoms with Crippen LogP contribution in [0.4, 0.5) is 0 Å². The third kappa shape index (κ3) is 4.86. The third-order valence-electron chi connectivity index (χ3n) is 4.40. The van der Waals surface area contributed by atoms with Crippen molar-refractivity contribution < 1.29 is 9.53 Å². The molecule has 0 aliphatic heterocycles. The second-order valence-corrected chi connectivity index (χ2v) is 6.24. The summed E-state index contributed by atoms with van der Waals surface area (Å²) in [5, 5.41) is 7.37. The molecule has 0 aliphatic carbocycles. The number of benzene rings is 2. The number of carbonyl (C=O) groups is 1. The van der Waals surface area contributed by atoms with Gasteiger partial charge in [-0.1, -0.05) is 30.3 Å². The van der Waals surface area contributed by atoms with Crippen molar-refractivity contribution in [3.8, 4) is 5.75 Å². The van der Waals surface area contributed by atoms with E-state index in [2.05, 4.69) is 33.8 Å². The van der Waals surface area contributed by atoms with Crippen LogP contribution in [0.3, 0.4) is 0 Å². The highest BCUT2D eigenvalue weighted by Crippen LogP contribution is 2.17. The van der Waals surface area contributed by atoms with Crippen molar-refractivity contribution >= 4 is 16.8 Å². The van der Waals surface area contributed by atoms with Crippen molar-refractivity contribution in [3.05, 3.63) is 65.9 Å². The Morgan fingerprint density at radius 1 is 1.08 bits per heavy atom. The molecule has 1 aromatic heterocycles. The predicted molar refractivity (Wildman–Crippen MR) is 105 cm³/mol. The van der Waals surface area contributed by atoms with E-state index in [1.807, 2.05) is 36.5 Å². The Hall–Kier alpha value is -2.79. The summed E-state index contributed by atoms with van der Waals surface area (Å²) in [7, 11) is 1.66. The Balaban J connectivity index is 1.34. The van der Waals surface area contributed by atoms with Gasteiger partial charge in [0, 0.05) is 23.6 Å². The first-order chi connectivity index (χ1) is 12.8. The minimum absolute atomic E-state index is 0.0236. The number of aromatic amines is 1. The number of nitrogens with one attached hydrogen (secondary N) is 3. The lowest BCUT2D eigenvalue weighted by atomic mass is 10.1. The summed E-state index contributed by atoms with van der Waals surface area (Å²) in [6, 6.07) is 16.2. The van der Waals surface area contributed by atoms with Crippen LogP contribution in [-0.4, -0.2) is 37.6 Å². The number of ether oxygens (including phenoxy) is 1. The fourth-order valence-electron chi connectivity index (χ4n) is 3.00. The minimum Gasteiger partial charge on any atom is -0.497 e. The van der Waals surface area contributed by atoms with Gasteiger partial charge < -0.3 is 20.4 Å². The molecule has 0 spiro atoms. The smallest absolute Gasteiger partial charge is 0.233 e. The molecule has 3 rings (SSSR count). The molecule has 0 saturated carbocycles. The summed E-state index contributed by atoms with van der Waals surface area (Å²) in [5.41, 5.74) is 3.55. The zero-order valence-electron chi connectivity index (χ0n) is 15.0. The first kappa shape index (κ1) is 18.0. The summed E-state index contributed by atoms with van der Waals surface area (Å²) >= 11 is 0. The molecule has 0 aliphatic rings. The molecule has 136 valence electrons. The standard InChI is InChI=1S/C21H25N3O2/c1-26-18-6-4-5-16(13-18)9-11-22-15-21(25)23-12-10-17-14-24-20-8-3-2-7-19(17)20/h2-8,13-14,22,24H,9-12,15H2,1H3,(H,23,25). The van der Waals surface area contributed by atoms with Crippen molar-refractivity contribution in [2.45, 2.75) is 12.8 Å². The average Bonchev–Trinajstić information content (AvgIpc) is 3.09. The lowest BCUT2D eigenvalue weighted by molar-refractivity contribution is -0.120. The number of rotatable bonds is 9. The number of methoxy groups -OCH3 is 1. The number of amides is 1. The van der Waals surface area contributed by atoms with Crippen LogP contribution < -0.4 is 15.4 Å². The molecule has 0 saturated heterocycles. The molecule has 0 bridgehead atoms. The van der Waals surface area contributed by atoms with E-state index in [1.165, 1.54) is 16.5 Å². The maximum atomic E-state index is 11.9. The van der Waals surface area contributed by atoms with Gasteiger partial charge in [-0.15, -0.1) is 0 Å². The van der Waals surface area contributed by atoms with Gasteiger partial charge >= 0.3 is 0 Å². The van der Waals surface area contributed by atoms with Gasteiger partial charge in [-0.05, 0) is 48.7 Å². The molecule has 0 radical (unpaired) electrons. The molecule has 5 heteroatoms. The van der Waals surface area contributed by atoms with Crippen molar-refractivity contribution in [1.82, 2.24) is 15.6 Å². The fraction of sp³-hybridized carbons (Fsp3) is 0.286. The van der Waals surface area contributed by atoms with Crippen LogP contribution in [0.25, 0.3) is 10.9 Å².